The number of anilines is 1. The molecule has 1 aromatic carbocycles. The van der Waals surface area contributed by atoms with E-state index in [4.69, 9.17) is 4.74 Å². The van der Waals surface area contributed by atoms with Crippen LogP contribution in [0.1, 0.15) is 16.6 Å². The number of amides is 1. The predicted molar refractivity (Wildman–Crippen MR) is 92.7 cm³/mol. The van der Waals surface area contributed by atoms with Crippen molar-refractivity contribution in [3.05, 3.63) is 48.5 Å². The zero-order valence-corrected chi connectivity index (χ0v) is 14.0. The topological polar surface area (TPSA) is 143 Å². The van der Waals surface area contributed by atoms with Crippen molar-refractivity contribution in [3.63, 3.8) is 0 Å². The zero-order valence-electron chi connectivity index (χ0n) is 14.0. The minimum atomic E-state index is -1.27. The van der Waals surface area contributed by atoms with Gasteiger partial charge in [-0.1, -0.05) is 18.2 Å². The number of ether oxygens (including phenoxy) is 1. The molecule has 1 aliphatic rings. The van der Waals surface area contributed by atoms with Gasteiger partial charge in [0.05, 0.1) is 12.9 Å². The number of aromatic nitrogens is 4. The molecule has 4 rings (SSSR count). The number of rotatable bonds is 4. The van der Waals surface area contributed by atoms with E-state index in [1.54, 1.807) is 24.3 Å². The Kier molecular flexibility index (Phi) is 4.54. The van der Waals surface area contributed by atoms with Crippen LogP contribution in [-0.2, 0) is 4.74 Å². The highest BCUT2D eigenvalue weighted by atomic mass is 16.8. The predicted octanol–water partition coefficient (Wildman–Crippen LogP) is -0.310. The van der Waals surface area contributed by atoms with Crippen LogP contribution in [0.25, 0.3) is 11.2 Å². The number of carbonyl (C=O) groups excluding carboxylic acids is 1. The van der Waals surface area contributed by atoms with Gasteiger partial charge in [-0.15, -0.1) is 0 Å². The smallest absolute Gasteiger partial charge is 0.256 e. The third-order valence-electron chi connectivity index (χ3n) is 4.42. The molecule has 0 radical (unpaired) electrons. The maximum absolute atomic E-state index is 12.4. The summed E-state index contributed by atoms with van der Waals surface area (Å²) in [6.07, 6.45) is -1.77. The van der Waals surface area contributed by atoms with Crippen molar-refractivity contribution in [2.45, 2.75) is 24.5 Å². The maximum atomic E-state index is 12.4. The Morgan fingerprint density at radius 2 is 1.93 bits per heavy atom. The Morgan fingerprint density at radius 1 is 1.15 bits per heavy atom. The van der Waals surface area contributed by atoms with Crippen LogP contribution in [-0.4, -0.2) is 65.7 Å². The van der Waals surface area contributed by atoms with Crippen molar-refractivity contribution in [2.75, 3.05) is 11.9 Å². The molecule has 0 unspecified atom stereocenters. The Labute approximate surface area is 153 Å². The molecule has 3 aromatic rings. The summed E-state index contributed by atoms with van der Waals surface area (Å²) in [6, 6.07) is 8.65. The van der Waals surface area contributed by atoms with Gasteiger partial charge in [0.15, 0.2) is 23.2 Å². The largest absolute Gasteiger partial charge is 0.394 e. The van der Waals surface area contributed by atoms with Gasteiger partial charge >= 0.3 is 0 Å². The number of imidazole rings is 1. The Balaban J connectivity index is 1.65. The molecule has 10 heteroatoms. The van der Waals surface area contributed by atoms with Crippen molar-refractivity contribution in [1.29, 1.82) is 0 Å². The summed E-state index contributed by atoms with van der Waals surface area (Å²) in [5, 5.41) is 32.1. The average Bonchev–Trinajstić information content (AvgIpc) is 3.25. The zero-order chi connectivity index (χ0) is 19.0. The van der Waals surface area contributed by atoms with E-state index >= 15 is 0 Å². The lowest BCUT2D eigenvalue weighted by atomic mass is 10.2. The highest BCUT2D eigenvalue weighted by molar-refractivity contribution is 6.06. The molecule has 4 N–H and O–H groups in total. The van der Waals surface area contributed by atoms with Gasteiger partial charge in [0.2, 0.25) is 0 Å². The van der Waals surface area contributed by atoms with Crippen LogP contribution >= 0.6 is 0 Å². The van der Waals surface area contributed by atoms with E-state index < -0.39 is 31.1 Å². The fourth-order valence-electron chi connectivity index (χ4n) is 3.01. The molecule has 0 saturated carbocycles. The summed E-state index contributed by atoms with van der Waals surface area (Å²) in [5.41, 5.74) is 1.08. The van der Waals surface area contributed by atoms with Gasteiger partial charge in [0, 0.05) is 5.56 Å². The number of carbonyl (C=O) groups is 1. The lowest BCUT2D eigenvalue weighted by Crippen LogP contribution is -2.33. The van der Waals surface area contributed by atoms with Crippen LogP contribution in [0.2, 0.25) is 0 Å². The second-order valence-corrected chi connectivity index (χ2v) is 6.10. The lowest BCUT2D eigenvalue weighted by Gasteiger charge is -2.16. The molecule has 10 nitrogen and oxygen atoms in total. The first-order valence-electron chi connectivity index (χ1n) is 8.26. The van der Waals surface area contributed by atoms with Crippen LogP contribution in [0.15, 0.2) is 43.0 Å². The quantitative estimate of drug-likeness (QED) is 0.454. The van der Waals surface area contributed by atoms with Crippen LogP contribution in [0, 0.1) is 0 Å². The number of hydrogen-bond donors (Lipinski definition) is 4. The van der Waals surface area contributed by atoms with Gasteiger partial charge in [-0.3, -0.25) is 9.36 Å². The number of fused-ring (bicyclic) bond motifs is 1. The molecule has 1 fully saturated rings. The maximum Gasteiger partial charge on any atom is 0.256 e. The van der Waals surface area contributed by atoms with E-state index in [1.165, 1.54) is 17.2 Å². The molecule has 2 aromatic heterocycles. The molecule has 4 atom stereocenters. The van der Waals surface area contributed by atoms with Gasteiger partial charge in [-0.2, -0.15) is 0 Å². The normalized spacial score (nSPS) is 25.0. The van der Waals surface area contributed by atoms with Crippen LogP contribution in [0.4, 0.5) is 5.82 Å². The number of aliphatic hydroxyl groups is 3. The highest BCUT2D eigenvalue weighted by Crippen LogP contribution is 2.32. The molecule has 27 heavy (non-hydrogen) atoms. The van der Waals surface area contributed by atoms with Crippen LogP contribution in [0.5, 0.6) is 0 Å². The second kappa shape index (κ2) is 7.00. The summed E-state index contributed by atoms with van der Waals surface area (Å²) < 4.78 is 6.93. The summed E-state index contributed by atoms with van der Waals surface area (Å²) in [5.74, 6) is -0.141. The van der Waals surface area contributed by atoms with Crippen molar-refractivity contribution in [2.24, 2.45) is 0 Å². The summed E-state index contributed by atoms with van der Waals surface area (Å²) in [7, 11) is 0. The Bertz CT molecular complexity index is 963. The van der Waals surface area contributed by atoms with Crippen molar-refractivity contribution in [3.8, 4) is 0 Å². The van der Waals surface area contributed by atoms with Crippen molar-refractivity contribution < 1.29 is 24.9 Å². The first-order chi connectivity index (χ1) is 13.1. The van der Waals surface area contributed by atoms with E-state index in [2.05, 4.69) is 20.3 Å². The van der Waals surface area contributed by atoms with E-state index in [-0.39, 0.29) is 11.7 Å². The van der Waals surface area contributed by atoms with Gasteiger partial charge in [-0.05, 0) is 12.1 Å². The molecule has 0 spiro atoms. The van der Waals surface area contributed by atoms with Gasteiger partial charge in [0.25, 0.3) is 5.91 Å². The van der Waals surface area contributed by atoms with Crippen LogP contribution in [0.3, 0.4) is 0 Å². The van der Waals surface area contributed by atoms with Crippen LogP contribution < -0.4 is 5.32 Å². The summed E-state index contributed by atoms with van der Waals surface area (Å²) in [6.45, 7) is -0.436. The van der Waals surface area contributed by atoms with Gasteiger partial charge in [0.1, 0.15) is 24.6 Å². The molecule has 1 amide bonds. The molecule has 1 saturated heterocycles. The molecule has 1 aliphatic heterocycles. The first kappa shape index (κ1) is 17.5. The Morgan fingerprint density at radius 3 is 2.63 bits per heavy atom. The van der Waals surface area contributed by atoms with Crippen molar-refractivity contribution in [1.82, 2.24) is 19.5 Å². The van der Waals surface area contributed by atoms with E-state index in [9.17, 15) is 20.1 Å². The monoisotopic (exact) mass is 376 g/mol. The van der Waals surface area contributed by atoms with Gasteiger partial charge < -0.3 is 25.4 Å². The number of hydrogen-bond acceptors (Lipinski definition) is 8. The lowest BCUT2D eigenvalue weighted by molar-refractivity contribution is -0.0511. The van der Waals surface area contributed by atoms with E-state index in [1.807, 2.05) is 6.07 Å². The number of benzene rings is 1. The number of nitrogens with one attached hydrogen (secondary N) is 1. The third-order valence-corrected chi connectivity index (χ3v) is 4.42. The second-order valence-electron chi connectivity index (χ2n) is 6.10. The minimum absolute atomic E-state index is 0.208. The number of nitrogens with zero attached hydrogens (tertiary/aromatic N) is 4. The molecule has 0 aliphatic carbocycles. The minimum Gasteiger partial charge on any atom is -0.394 e. The molecule has 0 bridgehead atoms. The average molecular weight is 376 g/mol. The standard InChI is InChI=1S/C17H17N5O5/c23-6-10-12(24)13(25)17(27-10)22-8-20-11-14(18-7-19-15(11)22)21-16(26)9-4-2-1-3-5-9/h1-5,7-8,10,12-13,17,23-25H,6H2,(H,18,19,21,26)/t10-,12-,13-,17-/m1/s1/i6+1,10+1,12+1,13+1,17+1. The SMILES string of the molecule is O=C(Nc1ncnc2c1ncn2[13C@@H]1O[13C@H]([13CH2]O)[13C@@H](O)[13C@H]1O)c1ccccc1. The first-order valence-corrected chi connectivity index (χ1v) is 8.26. The Hall–Kier alpha value is -2.92. The highest BCUT2D eigenvalue weighted by Gasteiger charge is 2.44. The summed E-state index contributed by atoms with van der Waals surface area (Å²) >= 11 is 0. The fraction of sp³-hybridized carbons (Fsp3) is 0.294. The number of aliphatic hydroxyl groups excluding tert-OH is 3. The molecule has 140 valence electrons. The molecular formula is C17H17N5O5. The van der Waals surface area contributed by atoms with Gasteiger partial charge in [-0.25, -0.2) is 15.0 Å². The fourth-order valence-corrected chi connectivity index (χ4v) is 3.01. The molecular weight excluding hydrogens is 359 g/mol. The molecule has 3 heterocycles. The summed E-state index contributed by atoms with van der Waals surface area (Å²) in [4.78, 5) is 24.8. The third kappa shape index (κ3) is 3.04. The van der Waals surface area contributed by atoms with Crippen molar-refractivity contribution >= 4 is 22.9 Å². The van der Waals surface area contributed by atoms with E-state index in [0.717, 1.165) is 0 Å². The van der Waals surface area contributed by atoms with E-state index in [0.29, 0.717) is 16.7 Å².